The van der Waals surface area contributed by atoms with Crippen LogP contribution in [-0.4, -0.2) is 59.1 Å². The SMILES string of the molecule is Cc1c(C(=O)NC(Cc2ccccc2)C(O)CN(CC(C)C)S(=O)(=O)c2ccc3nc(N)oc3c2)ccc(N)c1O. The van der Waals surface area contributed by atoms with Gasteiger partial charge in [-0.2, -0.15) is 9.29 Å². The highest BCUT2D eigenvalue weighted by Gasteiger charge is 2.32. The Morgan fingerprint density at radius 2 is 1.78 bits per heavy atom. The molecule has 0 aliphatic carbocycles. The molecule has 0 aliphatic rings. The number of hydrogen-bond acceptors (Lipinski definition) is 9. The molecule has 1 amide bonds. The fourth-order valence-corrected chi connectivity index (χ4v) is 6.25. The highest BCUT2D eigenvalue weighted by Crippen LogP contribution is 2.28. The quantitative estimate of drug-likeness (QED) is 0.131. The number of amides is 1. The maximum atomic E-state index is 13.8. The summed E-state index contributed by atoms with van der Waals surface area (Å²) in [6.45, 7) is 5.14. The second-order valence-corrected chi connectivity index (χ2v) is 12.3. The van der Waals surface area contributed by atoms with E-state index in [-0.39, 0.29) is 58.9 Å². The number of nitrogen functional groups attached to an aromatic ring is 2. The first-order valence-electron chi connectivity index (χ1n) is 13.1. The van der Waals surface area contributed by atoms with Crippen molar-refractivity contribution in [1.29, 1.82) is 0 Å². The molecule has 4 aromatic rings. The number of nitrogens with one attached hydrogen (secondary N) is 1. The average molecular weight is 582 g/mol. The lowest BCUT2D eigenvalue weighted by molar-refractivity contribution is 0.0775. The van der Waals surface area contributed by atoms with Gasteiger partial charge in [-0.15, -0.1) is 0 Å². The summed E-state index contributed by atoms with van der Waals surface area (Å²) >= 11 is 0. The van der Waals surface area contributed by atoms with Crippen LogP contribution in [0.15, 0.2) is 70.0 Å². The number of oxazole rings is 1. The highest BCUT2D eigenvalue weighted by atomic mass is 32.2. The Bertz CT molecular complexity index is 1640. The van der Waals surface area contributed by atoms with E-state index in [0.29, 0.717) is 11.1 Å². The van der Waals surface area contributed by atoms with Crippen LogP contribution < -0.4 is 16.8 Å². The Balaban J connectivity index is 1.64. The van der Waals surface area contributed by atoms with Gasteiger partial charge in [-0.25, -0.2) is 8.42 Å². The Kier molecular flexibility index (Phi) is 8.86. The van der Waals surface area contributed by atoms with Crippen LogP contribution in [0.4, 0.5) is 11.7 Å². The first-order chi connectivity index (χ1) is 19.4. The lowest BCUT2D eigenvalue weighted by Gasteiger charge is -2.31. The molecule has 0 radical (unpaired) electrons. The van der Waals surface area contributed by atoms with Crippen LogP contribution >= 0.6 is 0 Å². The van der Waals surface area contributed by atoms with E-state index in [9.17, 15) is 23.4 Å². The minimum absolute atomic E-state index is 0.0365. The number of carbonyl (C=O) groups is 1. The molecule has 12 heteroatoms. The lowest BCUT2D eigenvalue weighted by Crippen LogP contribution is -2.51. The zero-order chi connectivity index (χ0) is 29.9. The predicted molar refractivity (Wildman–Crippen MR) is 157 cm³/mol. The standard InChI is InChI=1S/C29H35N5O6S/c1-17(2)15-34(41(38,39)20-9-12-23-26(14-20)40-29(31)33-23)16-25(35)24(13-19-7-5-4-6-8-19)32-28(37)21-10-11-22(30)27(36)18(21)3/h4-12,14,17,24-25,35-36H,13,15-16,30H2,1-3H3,(H2,31,33)(H,32,37). The van der Waals surface area contributed by atoms with E-state index in [1.807, 2.05) is 44.2 Å². The molecule has 7 N–H and O–H groups in total. The van der Waals surface area contributed by atoms with Crippen molar-refractivity contribution in [3.8, 4) is 5.75 Å². The molecular weight excluding hydrogens is 546 g/mol. The smallest absolute Gasteiger partial charge is 0.292 e. The number of phenols is 1. The van der Waals surface area contributed by atoms with Crippen LogP contribution in [0.1, 0.15) is 35.3 Å². The molecular formula is C29H35N5O6S. The average Bonchev–Trinajstić information content (AvgIpc) is 3.30. The number of fused-ring (bicyclic) bond motifs is 1. The van der Waals surface area contributed by atoms with Crippen LogP contribution in [0.25, 0.3) is 11.1 Å². The molecule has 11 nitrogen and oxygen atoms in total. The van der Waals surface area contributed by atoms with Crippen LogP contribution in [0.5, 0.6) is 5.75 Å². The largest absolute Gasteiger partial charge is 0.505 e. The molecule has 0 aliphatic heterocycles. The van der Waals surface area contributed by atoms with Crippen molar-refractivity contribution >= 4 is 38.7 Å². The molecule has 2 unspecified atom stereocenters. The molecule has 218 valence electrons. The summed E-state index contributed by atoms with van der Waals surface area (Å²) < 4.78 is 34.1. The van der Waals surface area contributed by atoms with E-state index >= 15 is 0 Å². The number of aromatic nitrogens is 1. The molecule has 0 bridgehead atoms. The van der Waals surface area contributed by atoms with Gasteiger partial charge in [0.2, 0.25) is 10.0 Å². The minimum atomic E-state index is -4.09. The van der Waals surface area contributed by atoms with Crippen molar-refractivity contribution in [3.63, 3.8) is 0 Å². The summed E-state index contributed by atoms with van der Waals surface area (Å²) in [6, 6.07) is 15.5. The molecule has 4 rings (SSSR count). The third-order valence-electron chi connectivity index (χ3n) is 6.76. The normalized spacial score (nSPS) is 13.5. The number of sulfonamides is 1. The number of carbonyl (C=O) groups excluding carboxylic acids is 1. The topological polar surface area (TPSA) is 185 Å². The molecule has 0 saturated carbocycles. The monoisotopic (exact) mass is 581 g/mol. The van der Waals surface area contributed by atoms with E-state index in [0.717, 1.165) is 5.56 Å². The van der Waals surface area contributed by atoms with Gasteiger partial charge in [0, 0.05) is 30.3 Å². The summed E-state index contributed by atoms with van der Waals surface area (Å²) in [6.07, 6.45) is -1.06. The van der Waals surface area contributed by atoms with Gasteiger partial charge in [-0.05, 0) is 49.1 Å². The summed E-state index contributed by atoms with van der Waals surface area (Å²) in [5.74, 6) is -0.800. The van der Waals surface area contributed by atoms with Crippen LogP contribution in [0.2, 0.25) is 0 Å². The second kappa shape index (κ2) is 12.2. The lowest BCUT2D eigenvalue weighted by atomic mass is 9.99. The first kappa shape index (κ1) is 29.8. The van der Waals surface area contributed by atoms with Crippen molar-refractivity contribution in [3.05, 3.63) is 77.4 Å². The molecule has 1 heterocycles. The third-order valence-corrected chi connectivity index (χ3v) is 8.59. The summed E-state index contributed by atoms with van der Waals surface area (Å²) in [4.78, 5) is 17.3. The number of anilines is 2. The van der Waals surface area contributed by atoms with Crippen molar-refractivity contribution < 1.29 is 27.8 Å². The van der Waals surface area contributed by atoms with Gasteiger partial charge in [0.05, 0.1) is 22.7 Å². The van der Waals surface area contributed by atoms with Crippen molar-refractivity contribution in [1.82, 2.24) is 14.6 Å². The number of phenolic OH excluding ortho intramolecular Hbond substituents is 1. The third kappa shape index (κ3) is 6.79. The van der Waals surface area contributed by atoms with Crippen LogP contribution in [0.3, 0.4) is 0 Å². The van der Waals surface area contributed by atoms with Crippen molar-refractivity contribution in [2.75, 3.05) is 24.6 Å². The number of aliphatic hydroxyl groups is 1. The first-order valence-corrected chi connectivity index (χ1v) is 14.6. The Hall–Kier alpha value is -4.13. The molecule has 0 spiro atoms. The molecule has 0 fully saturated rings. The number of benzene rings is 3. The minimum Gasteiger partial charge on any atom is -0.505 e. The number of rotatable bonds is 11. The van der Waals surface area contributed by atoms with Crippen LogP contribution in [-0.2, 0) is 16.4 Å². The Morgan fingerprint density at radius 1 is 1.07 bits per heavy atom. The van der Waals surface area contributed by atoms with Gasteiger partial charge in [0.15, 0.2) is 5.58 Å². The zero-order valence-electron chi connectivity index (χ0n) is 23.1. The van der Waals surface area contributed by atoms with Gasteiger partial charge in [-0.3, -0.25) is 4.79 Å². The number of nitrogens with two attached hydrogens (primary N) is 2. The van der Waals surface area contributed by atoms with Gasteiger partial charge < -0.3 is 31.4 Å². The zero-order valence-corrected chi connectivity index (χ0v) is 23.9. The van der Waals surface area contributed by atoms with Crippen molar-refractivity contribution in [2.45, 2.75) is 44.2 Å². The van der Waals surface area contributed by atoms with E-state index in [2.05, 4.69) is 10.3 Å². The number of aromatic hydroxyl groups is 1. The maximum absolute atomic E-state index is 13.8. The molecule has 2 atom stereocenters. The molecule has 3 aromatic carbocycles. The summed E-state index contributed by atoms with van der Waals surface area (Å²) in [5, 5.41) is 24.6. The van der Waals surface area contributed by atoms with E-state index in [1.54, 1.807) is 6.92 Å². The van der Waals surface area contributed by atoms with Gasteiger partial charge in [0.25, 0.3) is 11.9 Å². The predicted octanol–water partition coefficient (Wildman–Crippen LogP) is 3.06. The maximum Gasteiger partial charge on any atom is 0.292 e. The Morgan fingerprint density at radius 3 is 2.46 bits per heavy atom. The molecule has 0 saturated heterocycles. The number of hydrogen-bond donors (Lipinski definition) is 5. The van der Waals surface area contributed by atoms with E-state index in [4.69, 9.17) is 15.9 Å². The van der Waals surface area contributed by atoms with Gasteiger partial charge in [-0.1, -0.05) is 44.2 Å². The second-order valence-electron chi connectivity index (χ2n) is 10.4. The summed E-state index contributed by atoms with van der Waals surface area (Å²) in [5.41, 5.74) is 13.5. The summed E-state index contributed by atoms with van der Waals surface area (Å²) in [7, 11) is -4.09. The highest BCUT2D eigenvalue weighted by molar-refractivity contribution is 7.89. The number of nitrogens with zero attached hydrogens (tertiary/aromatic N) is 2. The molecule has 1 aromatic heterocycles. The number of aliphatic hydroxyl groups excluding tert-OH is 1. The van der Waals surface area contributed by atoms with Gasteiger partial charge >= 0.3 is 0 Å². The van der Waals surface area contributed by atoms with E-state index in [1.165, 1.54) is 34.6 Å². The van der Waals surface area contributed by atoms with Crippen LogP contribution in [0, 0.1) is 12.8 Å². The fourth-order valence-electron chi connectivity index (χ4n) is 4.61. The van der Waals surface area contributed by atoms with Gasteiger partial charge in [0.1, 0.15) is 11.3 Å². The fraction of sp³-hybridized carbons (Fsp3) is 0.310. The molecule has 41 heavy (non-hydrogen) atoms. The van der Waals surface area contributed by atoms with E-state index < -0.39 is 28.1 Å². The van der Waals surface area contributed by atoms with Crippen molar-refractivity contribution in [2.24, 2.45) is 5.92 Å². The Labute approximate surface area is 238 Å².